The number of rotatable bonds is 0. The Morgan fingerprint density at radius 3 is 2.05 bits per heavy atom. The van der Waals surface area contributed by atoms with Crippen LogP contribution in [-0.2, 0) is 0 Å². The summed E-state index contributed by atoms with van der Waals surface area (Å²) in [4.78, 5) is 1.38. The van der Waals surface area contributed by atoms with Crippen molar-refractivity contribution >= 4 is 64.4 Å². The summed E-state index contributed by atoms with van der Waals surface area (Å²) in [5.41, 5.74) is 0. The summed E-state index contributed by atoms with van der Waals surface area (Å²) in [6.07, 6.45) is 0. The van der Waals surface area contributed by atoms with E-state index in [1.807, 2.05) is 22.7 Å². The number of aryl methyl sites for hydroxylation is 1. The van der Waals surface area contributed by atoms with Gasteiger partial charge in [-0.1, -0.05) is 24.3 Å². The van der Waals surface area contributed by atoms with Gasteiger partial charge in [-0.05, 0) is 58.1 Å². The summed E-state index contributed by atoms with van der Waals surface area (Å²) >= 11 is 3.69. The Kier molecular flexibility index (Phi) is 2.27. The van der Waals surface area contributed by atoms with Crippen molar-refractivity contribution in [1.82, 2.24) is 0 Å². The smallest absolute Gasteiger partial charge is 0.0352 e. The molecule has 5 aromatic rings. The molecule has 5 rings (SSSR count). The van der Waals surface area contributed by atoms with E-state index >= 15 is 0 Å². The largest absolute Gasteiger partial charge is 0.144 e. The Morgan fingerprint density at radius 1 is 0.619 bits per heavy atom. The van der Waals surface area contributed by atoms with E-state index in [0.717, 1.165) is 0 Å². The Balaban J connectivity index is 2.06. The zero-order valence-corrected chi connectivity index (χ0v) is 13.1. The predicted molar refractivity (Wildman–Crippen MR) is 97.0 cm³/mol. The SMILES string of the molecule is Cc1cc2c(ccc3c2ccc2c4ccsc4ccc23)s1. The quantitative estimate of drug-likeness (QED) is 0.278. The van der Waals surface area contributed by atoms with Crippen molar-refractivity contribution in [2.24, 2.45) is 0 Å². The van der Waals surface area contributed by atoms with Crippen molar-refractivity contribution in [3.05, 3.63) is 58.8 Å². The molecule has 0 bridgehead atoms. The van der Waals surface area contributed by atoms with Crippen LogP contribution in [0.5, 0.6) is 0 Å². The molecule has 0 spiro atoms. The zero-order chi connectivity index (χ0) is 14.0. The molecule has 0 nitrogen and oxygen atoms in total. The van der Waals surface area contributed by atoms with Crippen LogP contribution in [0.1, 0.15) is 4.88 Å². The van der Waals surface area contributed by atoms with E-state index in [-0.39, 0.29) is 0 Å². The molecule has 0 unspecified atom stereocenters. The van der Waals surface area contributed by atoms with Crippen LogP contribution in [0.4, 0.5) is 0 Å². The second-order valence-corrected chi connectivity index (χ2v) is 7.72. The summed E-state index contributed by atoms with van der Waals surface area (Å²) < 4.78 is 2.75. The normalized spacial score (nSPS) is 12.0. The minimum Gasteiger partial charge on any atom is -0.144 e. The fraction of sp³-hybridized carbons (Fsp3) is 0.0526. The molecule has 0 fully saturated rings. The van der Waals surface area contributed by atoms with Crippen LogP contribution in [-0.4, -0.2) is 0 Å². The van der Waals surface area contributed by atoms with Crippen LogP contribution in [0.25, 0.3) is 41.7 Å². The van der Waals surface area contributed by atoms with Crippen LogP contribution in [0.2, 0.25) is 0 Å². The third kappa shape index (κ3) is 1.55. The lowest BCUT2D eigenvalue weighted by molar-refractivity contribution is 1.66. The van der Waals surface area contributed by atoms with E-state index < -0.39 is 0 Å². The van der Waals surface area contributed by atoms with Gasteiger partial charge in [-0.2, -0.15) is 0 Å². The van der Waals surface area contributed by atoms with Gasteiger partial charge in [-0.25, -0.2) is 0 Å². The van der Waals surface area contributed by atoms with Gasteiger partial charge in [0.15, 0.2) is 0 Å². The third-order valence-corrected chi connectivity index (χ3v) is 6.15. The first-order valence-electron chi connectivity index (χ1n) is 7.03. The van der Waals surface area contributed by atoms with E-state index in [1.54, 1.807) is 0 Å². The average Bonchev–Trinajstić information content (AvgIpc) is 3.11. The van der Waals surface area contributed by atoms with Gasteiger partial charge in [-0.15, -0.1) is 22.7 Å². The molecule has 0 aliphatic carbocycles. The summed E-state index contributed by atoms with van der Waals surface area (Å²) in [7, 11) is 0. The Bertz CT molecular complexity index is 1140. The van der Waals surface area contributed by atoms with E-state index in [1.165, 1.54) is 46.6 Å². The van der Waals surface area contributed by atoms with E-state index in [9.17, 15) is 0 Å². The average molecular weight is 304 g/mol. The molecule has 2 heterocycles. The van der Waals surface area contributed by atoms with Gasteiger partial charge < -0.3 is 0 Å². The molecule has 0 amide bonds. The van der Waals surface area contributed by atoms with Crippen molar-refractivity contribution in [3.8, 4) is 0 Å². The van der Waals surface area contributed by atoms with Crippen molar-refractivity contribution in [1.29, 1.82) is 0 Å². The molecule has 0 saturated carbocycles. The minimum atomic E-state index is 1.36. The first kappa shape index (κ1) is 11.7. The summed E-state index contributed by atoms with van der Waals surface area (Å²) in [6, 6.07) is 18.2. The van der Waals surface area contributed by atoms with E-state index in [2.05, 4.69) is 60.8 Å². The lowest BCUT2D eigenvalue weighted by Crippen LogP contribution is -1.79. The van der Waals surface area contributed by atoms with E-state index in [0.29, 0.717) is 0 Å². The molecular weight excluding hydrogens is 292 g/mol. The van der Waals surface area contributed by atoms with Gasteiger partial charge in [0.1, 0.15) is 0 Å². The van der Waals surface area contributed by atoms with Gasteiger partial charge in [0, 0.05) is 25.0 Å². The molecule has 100 valence electrons. The highest BCUT2D eigenvalue weighted by atomic mass is 32.1. The van der Waals surface area contributed by atoms with Gasteiger partial charge in [0.05, 0.1) is 0 Å². The topological polar surface area (TPSA) is 0 Å². The van der Waals surface area contributed by atoms with Crippen LogP contribution in [0.15, 0.2) is 53.9 Å². The number of hydrogen-bond donors (Lipinski definition) is 0. The summed E-state index contributed by atoms with van der Waals surface area (Å²) in [5.74, 6) is 0. The predicted octanol–water partition coefficient (Wildman–Crippen LogP) is 6.73. The lowest BCUT2D eigenvalue weighted by Gasteiger charge is -2.06. The number of fused-ring (bicyclic) bond motifs is 7. The van der Waals surface area contributed by atoms with Crippen LogP contribution < -0.4 is 0 Å². The Hall–Kier alpha value is -1.90. The molecule has 0 radical (unpaired) electrons. The van der Waals surface area contributed by atoms with Gasteiger partial charge in [-0.3, -0.25) is 0 Å². The maximum Gasteiger partial charge on any atom is 0.0352 e. The number of thiophene rings is 2. The molecule has 3 aromatic carbocycles. The summed E-state index contributed by atoms with van der Waals surface area (Å²) in [5, 5.41) is 10.4. The van der Waals surface area contributed by atoms with Crippen LogP contribution >= 0.6 is 22.7 Å². The standard InChI is InChI=1S/C19H12S2/c1-11-10-17-15-3-2-14-12(13(15)5-7-19(17)21-11)4-6-18-16(14)8-9-20-18/h2-10H,1H3. The first-order chi connectivity index (χ1) is 10.3. The Morgan fingerprint density at radius 2 is 1.24 bits per heavy atom. The van der Waals surface area contributed by atoms with E-state index in [4.69, 9.17) is 0 Å². The highest BCUT2D eigenvalue weighted by Gasteiger charge is 2.08. The Labute approximate surface area is 130 Å². The fourth-order valence-corrected chi connectivity index (χ4v) is 5.06. The second kappa shape index (κ2) is 4.06. The molecule has 21 heavy (non-hydrogen) atoms. The van der Waals surface area contributed by atoms with Gasteiger partial charge in [0.25, 0.3) is 0 Å². The maximum absolute atomic E-state index is 2.32. The van der Waals surface area contributed by atoms with Gasteiger partial charge >= 0.3 is 0 Å². The molecule has 0 saturated heterocycles. The zero-order valence-electron chi connectivity index (χ0n) is 11.5. The molecule has 0 aliphatic heterocycles. The third-order valence-electron chi connectivity index (χ3n) is 4.25. The van der Waals surface area contributed by atoms with Gasteiger partial charge in [0.2, 0.25) is 0 Å². The van der Waals surface area contributed by atoms with Crippen LogP contribution in [0.3, 0.4) is 0 Å². The molecule has 0 aliphatic rings. The second-order valence-electron chi connectivity index (χ2n) is 5.49. The molecule has 2 heteroatoms. The fourth-order valence-electron chi connectivity index (χ4n) is 3.32. The summed E-state index contributed by atoms with van der Waals surface area (Å²) in [6.45, 7) is 2.19. The number of benzene rings is 3. The lowest BCUT2D eigenvalue weighted by atomic mass is 9.98. The molecule has 0 N–H and O–H groups in total. The van der Waals surface area contributed by atoms with Crippen molar-refractivity contribution in [2.45, 2.75) is 6.92 Å². The highest BCUT2D eigenvalue weighted by Crippen LogP contribution is 2.37. The first-order valence-corrected chi connectivity index (χ1v) is 8.73. The molecule has 2 aromatic heterocycles. The van der Waals surface area contributed by atoms with Crippen molar-refractivity contribution < 1.29 is 0 Å². The van der Waals surface area contributed by atoms with Crippen molar-refractivity contribution in [2.75, 3.05) is 0 Å². The van der Waals surface area contributed by atoms with Crippen LogP contribution in [0, 0.1) is 6.92 Å². The van der Waals surface area contributed by atoms with Crippen molar-refractivity contribution in [3.63, 3.8) is 0 Å². The molecular formula is C19H12S2. The highest BCUT2D eigenvalue weighted by molar-refractivity contribution is 7.19. The molecule has 0 atom stereocenters. The monoisotopic (exact) mass is 304 g/mol. The minimum absolute atomic E-state index is 1.36. The number of hydrogen-bond acceptors (Lipinski definition) is 2. The maximum atomic E-state index is 2.32.